The summed E-state index contributed by atoms with van der Waals surface area (Å²) >= 11 is 3.32. The molecule has 0 aromatic heterocycles. The summed E-state index contributed by atoms with van der Waals surface area (Å²) in [5.74, 6) is 0.250. The standard InChI is InChI=1S/C11H16BrNO.ClH/c1-11(2,3)8-4-7(6-13)10(14)9(12)5-8;/h4-5,14H,6,13H2,1-3H3;1H. The van der Waals surface area contributed by atoms with E-state index in [1.54, 1.807) is 0 Å². The van der Waals surface area contributed by atoms with Gasteiger partial charge in [0.1, 0.15) is 5.75 Å². The van der Waals surface area contributed by atoms with Gasteiger partial charge in [-0.05, 0) is 33.0 Å². The number of hydrogen-bond acceptors (Lipinski definition) is 2. The Labute approximate surface area is 105 Å². The molecule has 0 saturated heterocycles. The van der Waals surface area contributed by atoms with E-state index in [0.717, 1.165) is 5.56 Å². The van der Waals surface area contributed by atoms with Gasteiger partial charge in [0.05, 0.1) is 4.47 Å². The van der Waals surface area contributed by atoms with Gasteiger partial charge in [-0.3, -0.25) is 0 Å². The van der Waals surface area contributed by atoms with Crippen LogP contribution >= 0.6 is 28.3 Å². The Kier molecular flexibility index (Phi) is 5.10. The predicted molar refractivity (Wildman–Crippen MR) is 69.6 cm³/mol. The average Bonchev–Trinajstić information content (AvgIpc) is 2.07. The Morgan fingerprint density at radius 2 is 1.87 bits per heavy atom. The maximum absolute atomic E-state index is 9.66. The number of phenolic OH excluding ortho intramolecular Hbond substituents is 1. The maximum atomic E-state index is 9.66. The molecule has 0 amide bonds. The summed E-state index contributed by atoms with van der Waals surface area (Å²) < 4.78 is 0.713. The second kappa shape index (κ2) is 5.19. The first-order chi connectivity index (χ1) is 6.36. The first-order valence-corrected chi connectivity index (χ1v) is 5.37. The Morgan fingerprint density at radius 1 is 1.33 bits per heavy atom. The molecule has 0 heterocycles. The highest BCUT2D eigenvalue weighted by atomic mass is 79.9. The molecule has 0 fully saturated rings. The van der Waals surface area contributed by atoms with Crippen LogP contribution in [0.1, 0.15) is 31.9 Å². The molecule has 0 spiro atoms. The molecule has 0 saturated carbocycles. The monoisotopic (exact) mass is 293 g/mol. The van der Waals surface area contributed by atoms with Crippen LogP contribution in [0.5, 0.6) is 5.75 Å². The molecule has 0 aliphatic carbocycles. The molecule has 0 unspecified atom stereocenters. The molecule has 0 aliphatic heterocycles. The molecule has 4 heteroatoms. The highest BCUT2D eigenvalue weighted by Crippen LogP contribution is 2.33. The van der Waals surface area contributed by atoms with Gasteiger partial charge in [0.15, 0.2) is 0 Å². The molecule has 2 nitrogen and oxygen atoms in total. The number of benzene rings is 1. The third-order valence-electron chi connectivity index (χ3n) is 2.23. The van der Waals surface area contributed by atoms with Gasteiger partial charge in [-0.1, -0.05) is 26.8 Å². The van der Waals surface area contributed by atoms with Gasteiger partial charge in [0.25, 0.3) is 0 Å². The number of aromatic hydroxyl groups is 1. The van der Waals surface area contributed by atoms with Crippen LogP contribution in [0.15, 0.2) is 16.6 Å². The molecule has 15 heavy (non-hydrogen) atoms. The van der Waals surface area contributed by atoms with E-state index in [9.17, 15) is 5.11 Å². The smallest absolute Gasteiger partial charge is 0.134 e. The van der Waals surface area contributed by atoms with Crippen molar-refractivity contribution in [2.24, 2.45) is 5.73 Å². The molecule has 86 valence electrons. The van der Waals surface area contributed by atoms with Crippen molar-refractivity contribution in [3.05, 3.63) is 27.7 Å². The van der Waals surface area contributed by atoms with Crippen LogP contribution in [0.25, 0.3) is 0 Å². The van der Waals surface area contributed by atoms with E-state index in [0.29, 0.717) is 11.0 Å². The summed E-state index contributed by atoms with van der Waals surface area (Å²) in [4.78, 5) is 0. The van der Waals surface area contributed by atoms with Gasteiger partial charge in [-0.15, -0.1) is 12.4 Å². The van der Waals surface area contributed by atoms with Gasteiger partial charge >= 0.3 is 0 Å². The average molecular weight is 295 g/mol. The van der Waals surface area contributed by atoms with Crippen LogP contribution < -0.4 is 5.73 Å². The Hall–Kier alpha value is -0.250. The van der Waals surface area contributed by atoms with Crippen molar-refractivity contribution in [1.82, 2.24) is 0 Å². The van der Waals surface area contributed by atoms with Crippen molar-refractivity contribution < 1.29 is 5.11 Å². The topological polar surface area (TPSA) is 46.2 Å². The Morgan fingerprint density at radius 3 is 2.27 bits per heavy atom. The molecule has 1 aromatic rings. The fourth-order valence-electron chi connectivity index (χ4n) is 1.24. The van der Waals surface area contributed by atoms with Gasteiger partial charge in [-0.2, -0.15) is 0 Å². The van der Waals surface area contributed by atoms with E-state index in [1.165, 1.54) is 5.56 Å². The summed E-state index contributed by atoms with van der Waals surface area (Å²) in [6, 6.07) is 3.90. The molecule has 1 aromatic carbocycles. The first-order valence-electron chi connectivity index (χ1n) is 4.58. The van der Waals surface area contributed by atoms with Crippen LogP contribution in [0.4, 0.5) is 0 Å². The normalized spacial score (nSPS) is 11.0. The lowest BCUT2D eigenvalue weighted by Gasteiger charge is -2.21. The zero-order valence-corrected chi connectivity index (χ0v) is 11.6. The summed E-state index contributed by atoms with van der Waals surface area (Å²) in [6.07, 6.45) is 0. The molecule has 0 radical (unpaired) electrons. The lowest BCUT2D eigenvalue weighted by atomic mass is 9.86. The van der Waals surface area contributed by atoms with Crippen molar-refractivity contribution in [3.8, 4) is 5.75 Å². The van der Waals surface area contributed by atoms with Crippen molar-refractivity contribution in [3.63, 3.8) is 0 Å². The van der Waals surface area contributed by atoms with Crippen LogP contribution in [0.2, 0.25) is 0 Å². The molecular formula is C11H17BrClNO. The van der Waals surface area contributed by atoms with E-state index in [4.69, 9.17) is 5.73 Å². The molecule has 1 rings (SSSR count). The van der Waals surface area contributed by atoms with Crippen LogP contribution in [0, 0.1) is 0 Å². The maximum Gasteiger partial charge on any atom is 0.134 e. The van der Waals surface area contributed by atoms with Crippen molar-refractivity contribution in [2.45, 2.75) is 32.7 Å². The number of nitrogens with two attached hydrogens (primary N) is 1. The number of hydrogen-bond donors (Lipinski definition) is 2. The Balaban J connectivity index is 0.00000196. The number of phenols is 1. The molecule has 0 bridgehead atoms. The van der Waals surface area contributed by atoms with Gasteiger partial charge < -0.3 is 10.8 Å². The fraction of sp³-hybridized carbons (Fsp3) is 0.455. The molecule has 0 aliphatic rings. The largest absolute Gasteiger partial charge is 0.506 e. The van der Waals surface area contributed by atoms with E-state index in [-0.39, 0.29) is 23.6 Å². The quantitative estimate of drug-likeness (QED) is 0.834. The highest BCUT2D eigenvalue weighted by Gasteiger charge is 2.17. The van der Waals surface area contributed by atoms with Crippen molar-refractivity contribution in [1.29, 1.82) is 0 Å². The van der Waals surface area contributed by atoms with Crippen molar-refractivity contribution in [2.75, 3.05) is 0 Å². The van der Waals surface area contributed by atoms with Gasteiger partial charge in [-0.25, -0.2) is 0 Å². The highest BCUT2D eigenvalue weighted by molar-refractivity contribution is 9.10. The van der Waals surface area contributed by atoms with Crippen LogP contribution in [-0.2, 0) is 12.0 Å². The SMILES string of the molecule is CC(C)(C)c1cc(Br)c(O)c(CN)c1.Cl. The molecule has 0 atom stereocenters. The van der Waals surface area contributed by atoms with E-state index in [2.05, 4.69) is 36.7 Å². The van der Waals surface area contributed by atoms with Crippen LogP contribution in [0.3, 0.4) is 0 Å². The van der Waals surface area contributed by atoms with Crippen LogP contribution in [-0.4, -0.2) is 5.11 Å². The number of halogens is 2. The summed E-state index contributed by atoms with van der Waals surface area (Å²) in [7, 11) is 0. The number of rotatable bonds is 1. The minimum atomic E-state index is 0. The minimum Gasteiger partial charge on any atom is -0.506 e. The predicted octanol–water partition coefficient (Wildman–Crippen LogP) is 3.33. The third-order valence-corrected chi connectivity index (χ3v) is 2.83. The van der Waals surface area contributed by atoms with E-state index >= 15 is 0 Å². The third kappa shape index (κ3) is 3.37. The van der Waals surface area contributed by atoms with Gasteiger partial charge in [0, 0.05) is 12.1 Å². The molecule has 3 N–H and O–H groups in total. The minimum absolute atomic E-state index is 0. The molecular weight excluding hydrogens is 277 g/mol. The van der Waals surface area contributed by atoms with Crippen molar-refractivity contribution >= 4 is 28.3 Å². The first kappa shape index (κ1) is 14.8. The van der Waals surface area contributed by atoms with E-state index < -0.39 is 0 Å². The second-order valence-corrected chi connectivity index (χ2v) is 5.27. The lowest BCUT2D eigenvalue weighted by Crippen LogP contribution is -2.12. The Bertz CT molecular complexity index is 347. The zero-order chi connectivity index (χ0) is 10.9. The summed E-state index contributed by atoms with van der Waals surface area (Å²) in [6.45, 7) is 6.75. The van der Waals surface area contributed by atoms with E-state index in [1.807, 2.05) is 12.1 Å². The summed E-state index contributed by atoms with van der Waals surface area (Å²) in [5, 5.41) is 9.66. The van der Waals surface area contributed by atoms with Gasteiger partial charge in [0.2, 0.25) is 0 Å². The fourth-order valence-corrected chi connectivity index (χ4v) is 1.75. The lowest BCUT2D eigenvalue weighted by molar-refractivity contribution is 0.463. The zero-order valence-electron chi connectivity index (χ0n) is 9.17. The summed E-state index contributed by atoms with van der Waals surface area (Å²) in [5.41, 5.74) is 7.57. The second-order valence-electron chi connectivity index (χ2n) is 4.42.